The van der Waals surface area contributed by atoms with E-state index >= 15 is 0 Å². The highest BCUT2D eigenvalue weighted by Gasteiger charge is 2.29. The molecule has 2 unspecified atom stereocenters. The molecule has 0 amide bonds. The minimum Gasteiger partial charge on any atom is -0.314 e. The van der Waals surface area contributed by atoms with E-state index in [2.05, 4.69) is 12.2 Å². The van der Waals surface area contributed by atoms with Crippen molar-refractivity contribution in [3.05, 3.63) is 0 Å². The Bertz CT molecular complexity index is 172. The average molecular weight is 209 g/mol. The largest absolute Gasteiger partial charge is 0.314 e. The SMILES string of the molecule is CCCNC1CCCC1CC1CCCC1. The predicted molar refractivity (Wildman–Crippen MR) is 66.0 cm³/mol. The molecule has 0 aromatic rings. The van der Waals surface area contributed by atoms with Gasteiger partial charge in [-0.2, -0.15) is 0 Å². The summed E-state index contributed by atoms with van der Waals surface area (Å²) in [7, 11) is 0. The van der Waals surface area contributed by atoms with Crippen molar-refractivity contribution in [1.29, 1.82) is 0 Å². The molecule has 2 aliphatic carbocycles. The van der Waals surface area contributed by atoms with E-state index in [1.54, 1.807) is 0 Å². The van der Waals surface area contributed by atoms with E-state index in [1.807, 2.05) is 0 Å². The third kappa shape index (κ3) is 3.21. The highest BCUT2D eigenvalue weighted by molar-refractivity contribution is 4.85. The molecule has 0 radical (unpaired) electrons. The van der Waals surface area contributed by atoms with Crippen LogP contribution in [0.3, 0.4) is 0 Å². The van der Waals surface area contributed by atoms with Gasteiger partial charge in [-0.3, -0.25) is 0 Å². The Morgan fingerprint density at radius 1 is 1.00 bits per heavy atom. The Labute approximate surface area is 95.0 Å². The van der Waals surface area contributed by atoms with Crippen LogP contribution >= 0.6 is 0 Å². The second kappa shape index (κ2) is 5.89. The summed E-state index contributed by atoms with van der Waals surface area (Å²) >= 11 is 0. The van der Waals surface area contributed by atoms with Crippen LogP contribution in [0.5, 0.6) is 0 Å². The van der Waals surface area contributed by atoms with Crippen LogP contribution in [-0.2, 0) is 0 Å². The number of hydrogen-bond donors (Lipinski definition) is 1. The minimum atomic E-state index is 0.866. The van der Waals surface area contributed by atoms with Crippen molar-refractivity contribution < 1.29 is 0 Å². The molecule has 0 bridgehead atoms. The van der Waals surface area contributed by atoms with Gasteiger partial charge in [0, 0.05) is 6.04 Å². The van der Waals surface area contributed by atoms with Crippen molar-refractivity contribution in [1.82, 2.24) is 5.32 Å². The second-order valence-corrected chi connectivity index (χ2v) is 5.64. The van der Waals surface area contributed by atoms with Crippen LogP contribution in [0.15, 0.2) is 0 Å². The Morgan fingerprint density at radius 2 is 1.80 bits per heavy atom. The molecule has 0 heterocycles. The van der Waals surface area contributed by atoms with Gasteiger partial charge in [-0.25, -0.2) is 0 Å². The lowest BCUT2D eigenvalue weighted by molar-refractivity contribution is 0.320. The Morgan fingerprint density at radius 3 is 2.53 bits per heavy atom. The quantitative estimate of drug-likeness (QED) is 0.727. The number of hydrogen-bond acceptors (Lipinski definition) is 1. The molecule has 2 fully saturated rings. The minimum absolute atomic E-state index is 0.866. The molecular formula is C14H27N. The third-order valence-corrected chi connectivity index (χ3v) is 4.43. The van der Waals surface area contributed by atoms with Gasteiger partial charge in [-0.15, -0.1) is 0 Å². The molecule has 1 N–H and O–H groups in total. The van der Waals surface area contributed by atoms with E-state index in [-0.39, 0.29) is 0 Å². The monoisotopic (exact) mass is 209 g/mol. The zero-order valence-electron chi connectivity index (χ0n) is 10.3. The maximum Gasteiger partial charge on any atom is 0.00954 e. The fourth-order valence-electron chi connectivity index (χ4n) is 3.59. The highest BCUT2D eigenvalue weighted by Crippen LogP contribution is 2.37. The van der Waals surface area contributed by atoms with E-state index in [1.165, 1.54) is 64.3 Å². The highest BCUT2D eigenvalue weighted by atomic mass is 14.9. The molecule has 0 spiro atoms. The molecule has 15 heavy (non-hydrogen) atoms. The van der Waals surface area contributed by atoms with Crippen LogP contribution in [-0.4, -0.2) is 12.6 Å². The molecule has 0 saturated heterocycles. The van der Waals surface area contributed by atoms with E-state index in [9.17, 15) is 0 Å². The summed E-state index contributed by atoms with van der Waals surface area (Å²) < 4.78 is 0. The fraction of sp³-hybridized carbons (Fsp3) is 1.00. The first-order chi connectivity index (χ1) is 7.40. The van der Waals surface area contributed by atoms with Gasteiger partial charge < -0.3 is 5.32 Å². The lowest BCUT2D eigenvalue weighted by atomic mass is 9.89. The summed E-state index contributed by atoms with van der Waals surface area (Å²) in [5.41, 5.74) is 0. The summed E-state index contributed by atoms with van der Waals surface area (Å²) in [5.74, 6) is 2.10. The molecule has 2 aliphatic rings. The van der Waals surface area contributed by atoms with Crippen molar-refractivity contribution in [2.24, 2.45) is 11.8 Å². The molecule has 0 aromatic carbocycles. The standard InChI is InChI=1S/C14H27N/c1-2-10-15-14-9-5-8-13(14)11-12-6-3-4-7-12/h12-15H,2-11H2,1H3. The lowest BCUT2D eigenvalue weighted by Gasteiger charge is -2.23. The third-order valence-electron chi connectivity index (χ3n) is 4.43. The fourth-order valence-corrected chi connectivity index (χ4v) is 3.59. The van der Waals surface area contributed by atoms with E-state index in [0.29, 0.717) is 0 Å². The van der Waals surface area contributed by atoms with Crippen molar-refractivity contribution in [3.63, 3.8) is 0 Å². The van der Waals surface area contributed by atoms with Gasteiger partial charge in [-0.05, 0) is 44.1 Å². The van der Waals surface area contributed by atoms with Gasteiger partial charge in [0.1, 0.15) is 0 Å². The smallest absolute Gasteiger partial charge is 0.00954 e. The molecule has 2 atom stereocenters. The van der Waals surface area contributed by atoms with E-state index < -0.39 is 0 Å². The van der Waals surface area contributed by atoms with Crippen LogP contribution in [0.1, 0.15) is 64.7 Å². The Kier molecular flexibility index (Phi) is 4.49. The topological polar surface area (TPSA) is 12.0 Å². The zero-order chi connectivity index (χ0) is 10.5. The average Bonchev–Trinajstić information content (AvgIpc) is 2.87. The second-order valence-electron chi connectivity index (χ2n) is 5.64. The molecule has 2 rings (SSSR count). The van der Waals surface area contributed by atoms with Crippen molar-refractivity contribution >= 4 is 0 Å². The number of nitrogens with one attached hydrogen (secondary N) is 1. The predicted octanol–water partition coefficient (Wildman–Crippen LogP) is 3.74. The Balaban J connectivity index is 1.74. The Hall–Kier alpha value is -0.0400. The van der Waals surface area contributed by atoms with Crippen molar-refractivity contribution in [2.45, 2.75) is 70.8 Å². The van der Waals surface area contributed by atoms with Crippen LogP contribution in [0, 0.1) is 11.8 Å². The summed E-state index contributed by atoms with van der Waals surface area (Å²) in [6, 6.07) is 0.866. The summed E-state index contributed by atoms with van der Waals surface area (Å²) in [6.45, 7) is 3.50. The van der Waals surface area contributed by atoms with Gasteiger partial charge in [0.15, 0.2) is 0 Å². The maximum atomic E-state index is 3.76. The maximum absolute atomic E-state index is 3.76. The van der Waals surface area contributed by atoms with Crippen LogP contribution < -0.4 is 5.32 Å². The lowest BCUT2D eigenvalue weighted by Crippen LogP contribution is -2.33. The molecule has 1 heteroatoms. The molecule has 0 aromatic heterocycles. The van der Waals surface area contributed by atoms with Crippen LogP contribution in [0.4, 0.5) is 0 Å². The van der Waals surface area contributed by atoms with Gasteiger partial charge >= 0.3 is 0 Å². The van der Waals surface area contributed by atoms with Gasteiger partial charge in [0.05, 0.1) is 0 Å². The van der Waals surface area contributed by atoms with Gasteiger partial charge in [0.2, 0.25) is 0 Å². The first-order valence-electron chi connectivity index (χ1n) is 7.13. The molecule has 2 saturated carbocycles. The van der Waals surface area contributed by atoms with E-state index in [0.717, 1.165) is 17.9 Å². The molecule has 1 nitrogen and oxygen atoms in total. The summed E-state index contributed by atoms with van der Waals surface area (Å²) in [4.78, 5) is 0. The first kappa shape index (κ1) is 11.4. The van der Waals surface area contributed by atoms with Crippen LogP contribution in [0.2, 0.25) is 0 Å². The van der Waals surface area contributed by atoms with Crippen molar-refractivity contribution in [2.75, 3.05) is 6.54 Å². The van der Waals surface area contributed by atoms with Gasteiger partial charge in [0.25, 0.3) is 0 Å². The first-order valence-corrected chi connectivity index (χ1v) is 7.13. The van der Waals surface area contributed by atoms with E-state index in [4.69, 9.17) is 0 Å². The summed E-state index contributed by atoms with van der Waals surface area (Å²) in [5, 5.41) is 3.76. The van der Waals surface area contributed by atoms with Crippen LogP contribution in [0.25, 0.3) is 0 Å². The molecule has 0 aliphatic heterocycles. The summed E-state index contributed by atoms with van der Waals surface area (Å²) in [6.07, 6.45) is 13.3. The zero-order valence-corrected chi connectivity index (χ0v) is 10.3. The number of rotatable bonds is 5. The normalized spacial score (nSPS) is 32.6. The molecular weight excluding hydrogens is 182 g/mol. The van der Waals surface area contributed by atoms with Crippen molar-refractivity contribution in [3.8, 4) is 0 Å². The molecule has 88 valence electrons. The van der Waals surface area contributed by atoms with Gasteiger partial charge in [-0.1, -0.05) is 39.0 Å².